The molecule has 17 heavy (non-hydrogen) atoms. The second-order valence-corrected chi connectivity index (χ2v) is 6.41. The molecule has 0 bridgehead atoms. The van der Waals surface area contributed by atoms with E-state index >= 15 is 0 Å². The second kappa shape index (κ2) is 7.34. The summed E-state index contributed by atoms with van der Waals surface area (Å²) < 4.78 is 0. The lowest BCUT2D eigenvalue weighted by atomic mass is 9.83. The predicted molar refractivity (Wildman–Crippen MR) is 73.0 cm³/mol. The lowest BCUT2D eigenvalue weighted by Gasteiger charge is -2.30. The smallest absolute Gasteiger partial charge is 0.0669 e. The molecular weight excluding hydrogens is 214 g/mol. The first-order valence-corrected chi connectivity index (χ1v) is 6.78. The molecule has 0 radical (unpaired) electrons. The van der Waals surface area contributed by atoms with E-state index < -0.39 is 0 Å². The van der Waals surface area contributed by atoms with Gasteiger partial charge in [0.1, 0.15) is 0 Å². The van der Waals surface area contributed by atoms with Gasteiger partial charge in [0.05, 0.1) is 6.10 Å². The lowest BCUT2D eigenvalue weighted by Crippen LogP contribution is -2.40. The van der Waals surface area contributed by atoms with E-state index in [1.54, 1.807) is 0 Å². The largest absolute Gasteiger partial charge is 0.396 e. The van der Waals surface area contributed by atoms with Crippen LogP contribution in [0.3, 0.4) is 0 Å². The molecule has 0 aromatic carbocycles. The van der Waals surface area contributed by atoms with E-state index in [2.05, 4.69) is 39.9 Å². The Morgan fingerprint density at radius 3 is 2.00 bits per heavy atom. The van der Waals surface area contributed by atoms with Crippen molar-refractivity contribution in [2.24, 2.45) is 10.8 Å². The molecule has 0 saturated heterocycles. The van der Waals surface area contributed by atoms with Crippen LogP contribution in [0.4, 0.5) is 0 Å². The van der Waals surface area contributed by atoms with Crippen molar-refractivity contribution in [3.8, 4) is 0 Å². The van der Waals surface area contributed by atoms with Crippen LogP contribution in [0.1, 0.15) is 53.9 Å². The van der Waals surface area contributed by atoms with Crippen molar-refractivity contribution in [2.75, 3.05) is 19.7 Å². The first-order valence-electron chi connectivity index (χ1n) is 6.78. The van der Waals surface area contributed by atoms with Crippen molar-refractivity contribution < 1.29 is 10.2 Å². The Labute approximate surface area is 107 Å². The average Bonchev–Trinajstić information content (AvgIpc) is 2.22. The van der Waals surface area contributed by atoms with Gasteiger partial charge < -0.3 is 15.5 Å². The summed E-state index contributed by atoms with van der Waals surface area (Å²) in [5, 5.41) is 22.6. The van der Waals surface area contributed by atoms with Crippen LogP contribution in [0.15, 0.2) is 0 Å². The van der Waals surface area contributed by atoms with Crippen molar-refractivity contribution >= 4 is 0 Å². The maximum Gasteiger partial charge on any atom is 0.0669 e. The van der Waals surface area contributed by atoms with Crippen LogP contribution in [-0.4, -0.2) is 36.0 Å². The maximum atomic E-state index is 9.87. The van der Waals surface area contributed by atoms with Crippen LogP contribution in [-0.2, 0) is 0 Å². The van der Waals surface area contributed by atoms with E-state index in [9.17, 15) is 10.2 Å². The molecule has 0 rings (SSSR count). The number of hydrogen-bond donors (Lipinski definition) is 3. The minimum atomic E-state index is -0.305. The Balaban J connectivity index is 3.97. The standard InChI is InChI=1S/C14H31NO2/c1-6-14(7-2,11-16)10-15-9-12(17)8-13(3,4)5/h12,15-17H,6-11H2,1-5H3. The molecule has 3 N–H and O–H groups in total. The van der Waals surface area contributed by atoms with Crippen LogP contribution in [0.2, 0.25) is 0 Å². The molecule has 0 aromatic heterocycles. The van der Waals surface area contributed by atoms with E-state index in [4.69, 9.17) is 0 Å². The fourth-order valence-corrected chi connectivity index (χ4v) is 2.06. The molecule has 0 fully saturated rings. The van der Waals surface area contributed by atoms with Crippen molar-refractivity contribution in [1.29, 1.82) is 0 Å². The van der Waals surface area contributed by atoms with Gasteiger partial charge in [0, 0.05) is 25.1 Å². The third kappa shape index (κ3) is 7.02. The monoisotopic (exact) mass is 245 g/mol. The van der Waals surface area contributed by atoms with Crippen LogP contribution in [0.5, 0.6) is 0 Å². The highest BCUT2D eigenvalue weighted by atomic mass is 16.3. The number of rotatable bonds is 8. The molecule has 0 heterocycles. The molecule has 1 atom stereocenters. The van der Waals surface area contributed by atoms with Gasteiger partial charge >= 0.3 is 0 Å². The highest BCUT2D eigenvalue weighted by Crippen LogP contribution is 2.24. The minimum absolute atomic E-state index is 0.0263. The molecule has 1 unspecified atom stereocenters. The van der Waals surface area contributed by atoms with Crippen molar-refractivity contribution in [3.63, 3.8) is 0 Å². The summed E-state index contributed by atoms with van der Waals surface area (Å²) in [5.74, 6) is 0. The quantitative estimate of drug-likeness (QED) is 0.614. The summed E-state index contributed by atoms with van der Waals surface area (Å²) in [4.78, 5) is 0. The van der Waals surface area contributed by atoms with Crippen molar-refractivity contribution in [1.82, 2.24) is 5.32 Å². The van der Waals surface area contributed by atoms with E-state index in [0.717, 1.165) is 25.8 Å². The second-order valence-electron chi connectivity index (χ2n) is 6.41. The fourth-order valence-electron chi connectivity index (χ4n) is 2.06. The topological polar surface area (TPSA) is 52.5 Å². The van der Waals surface area contributed by atoms with Gasteiger partial charge in [-0.2, -0.15) is 0 Å². The van der Waals surface area contributed by atoms with Gasteiger partial charge in [-0.25, -0.2) is 0 Å². The summed E-state index contributed by atoms with van der Waals surface area (Å²) in [6.45, 7) is 12.2. The Morgan fingerprint density at radius 2 is 1.65 bits per heavy atom. The Kier molecular flexibility index (Phi) is 7.29. The first-order chi connectivity index (χ1) is 7.78. The predicted octanol–water partition coefficient (Wildman–Crippen LogP) is 2.17. The highest BCUT2D eigenvalue weighted by Gasteiger charge is 2.25. The zero-order valence-electron chi connectivity index (χ0n) is 12.2. The first kappa shape index (κ1) is 16.9. The van der Waals surface area contributed by atoms with Crippen LogP contribution >= 0.6 is 0 Å². The molecule has 0 aliphatic heterocycles. The van der Waals surface area contributed by atoms with Gasteiger partial charge in [-0.1, -0.05) is 34.6 Å². The van der Waals surface area contributed by atoms with Crippen LogP contribution in [0.25, 0.3) is 0 Å². The molecule has 0 spiro atoms. The Hall–Kier alpha value is -0.120. The number of hydrogen-bond acceptors (Lipinski definition) is 3. The Bertz CT molecular complexity index is 187. The SMILES string of the molecule is CCC(CC)(CO)CNCC(O)CC(C)(C)C. The molecule has 0 aromatic rings. The summed E-state index contributed by atoms with van der Waals surface area (Å²) in [6.07, 6.45) is 2.41. The lowest BCUT2D eigenvalue weighted by molar-refractivity contribution is 0.0920. The molecule has 104 valence electrons. The van der Waals surface area contributed by atoms with Gasteiger partial charge in [0.2, 0.25) is 0 Å². The van der Waals surface area contributed by atoms with E-state index in [1.165, 1.54) is 0 Å². The fraction of sp³-hybridized carbons (Fsp3) is 1.00. The van der Waals surface area contributed by atoms with Gasteiger partial charge in [-0.3, -0.25) is 0 Å². The van der Waals surface area contributed by atoms with E-state index in [-0.39, 0.29) is 23.5 Å². The van der Waals surface area contributed by atoms with Crippen molar-refractivity contribution in [2.45, 2.75) is 60.0 Å². The van der Waals surface area contributed by atoms with E-state index in [0.29, 0.717) is 6.54 Å². The molecule has 0 aliphatic carbocycles. The highest BCUT2D eigenvalue weighted by molar-refractivity contribution is 4.79. The summed E-state index contributed by atoms with van der Waals surface area (Å²) >= 11 is 0. The third-order valence-electron chi connectivity index (χ3n) is 3.56. The van der Waals surface area contributed by atoms with Crippen LogP contribution in [0, 0.1) is 10.8 Å². The number of aliphatic hydroxyl groups excluding tert-OH is 2. The molecule has 0 aliphatic rings. The molecular formula is C14H31NO2. The molecule has 3 nitrogen and oxygen atoms in total. The maximum absolute atomic E-state index is 9.87. The zero-order chi connectivity index (χ0) is 13.5. The average molecular weight is 245 g/mol. The summed E-state index contributed by atoms with van der Waals surface area (Å²) in [6, 6.07) is 0. The summed E-state index contributed by atoms with van der Waals surface area (Å²) in [5.41, 5.74) is 0.131. The molecule has 0 saturated carbocycles. The van der Waals surface area contributed by atoms with E-state index in [1.807, 2.05) is 0 Å². The number of aliphatic hydroxyl groups is 2. The van der Waals surface area contributed by atoms with Gasteiger partial charge in [0.25, 0.3) is 0 Å². The summed E-state index contributed by atoms with van der Waals surface area (Å²) in [7, 11) is 0. The Morgan fingerprint density at radius 1 is 1.12 bits per heavy atom. The van der Waals surface area contributed by atoms with Gasteiger partial charge in [-0.15, -0.1) is 0 Å². The van der Waals surface area contributed by atoms with Crippen LogP contribution < -0.4 is 5.32 Å². The minimum Gasteiger partial charge on any atom is -0.396 e. The number of nitrogens with one attached hydrogen (secondary N) is 1. The zero-order valence-corrected chi connectivity index (χ0v) is 12.2. The molecule has 0 amide bonds. The van der Waals surface area contributed by atoms with Gasteiger partial charge in [0.15, 0.2) is 0 Å². The molecule has 3 heteroatoms. The van der Waals surface area contributed by atoms with Gasteiger partial charge in [-0.05, 0) is 24.7 Å². The van der Waals surface area contributed by atoms with Crippen molar-refractivity contribution in [3.05, 3.63) is 0 Å². The normalized spacial score (nSPS) is 15.0. The third-order valence-corrected chi connectivity index (χ3v) is 3.56.